The first-order chi connectivity index (χ1) is 11.7. The van der Waals surface area contributed by atoms with Crippen molar-refractivity contribution in [2.24, 2.45) is 10.8 Å². The molecular formula is C23H27BS. The van der Waals surface area contributed by atoms with Gasteiger partial charge in [-0.15, -0.1) is 11.3 Å². The molecule has 2 aromatic carbocycles. The summed E-state index contributed by atoms with van der Waals surface area (Å²) in [5.41, 5.74) is 8.08. The van der Waals surface area contributed by atoms with E-state index in [4.69, 9.17) is 0 Å². The Morgan fingerprint density at radius 1 is 0.920 bits per heavy atom. The molecule has 0 amide bonds. The molecule has 1 heterocycles. The summed E-state index contributed by atoms with van der Waals surface area (Å²) < 4.78 is 1.42. The minimum absolute atomic E-state index is 0.339. The molecule has 0 saturated heterocycles. The molecule has 4 rings (SSSR count). The summed E-state index contributed by atoms with van der Waals surface area (Å²) in [7, 11) is 1.17. The second-order valence-electron chi connectivity index (χ2n) is 9.27. The van der Waals surface area contributed by atoms with E-state index in [1.165, 1.54) is 51.4 Å². The number of hydrogen-bond acceptors (Lipinski definition) is 1. The highest BCUT2D eigenvalue weighted by atomic mass is 32.1. The molecule has 1 aliphatic carbocycles. The predicted octanol–water partition coefficient (Wildman–Crippen LogP) is 6.02. The van der Waals surface area contributed by atoms with E-state index in [9.17, 15) is 0 Å². The Morgan fingerprint density at radius 2 is 1.68 bits per heavy atom. The fourth-order valence-electron chi connectivity index (χ4n) is 3.70. The molecule has 25 heavy (non-hydrogen) atoms. The normalized spacial score (nSPS) is 13.8. The second-order valence-corrected chi connectivity index (χ2v) is 10.2. The summed E-state index contributed by atoms with van der Waals surface area (Å²) >= 11 is 1.85. The van der Waals surface area contributed by atoms with Gasteiger partial charge in [0.25, 0.3) is 0 Å². The molecule has 0 saturated carbocycles. The fraction of sp³-hybridized carbons (Fsp3) is 0.391. The van der Waals surface area contributed by atoms with Crippen LogP contribution in [0, 0.1) is 10.8 Å². The lowest BCUT2D eigenvalue weighted by atomic mass is 9.53. The molecule has 0 spiro atoms. The highest BCUT2D eigenvalue weighted by Crippen LogP contribution is 2.42. The van der Waals surface area contributed by atoms with Gasteiger partial charge in [0.15, 0.2) is 7.28 Å². The molecule has 0 atom stereocenters. The molecule has 0 N–H and O–H groups in total. The summed E-state index contributed by atoms with van der Waals surface area (Å²) in [6.07, 6.45) is 2.33. The average Bonchev–Trinajstić information content (AvgIpc) is 3.12. The molecule has 0 bridgehead atoms. The third-order valence-corrected chi connectivity index (χ3v) is 7.47. The van der Waals surface area contributed by atoms with Crippen molar-refractivity contribution in [3.63, 3.8) is 0 Å². The van der Waals surface area contributed by atoms with Gasteiger partial charge in [-0.2, -0.15) is 0 Å². The van der Waals surface area contributed by atoms with E-state index in [2.05, 4.69) is 76.4 Å². The van der Waals surface area contributed by atoms with E-state index in [0.29, 0.717) is 10.8 Å². The molecule has 1 aromatic heterocycles. The first kappa shape index (κ1) is 16.9. The summed E-state index contributed by atoms with van der Waals surface area (Å²) in [5.74, 6) is 0. The van der Waals surface area contributed by atoms with E-state index in [1.807, 2.05) is 11.3 Å². The van der Waals surface area contributed by atoms with Gasteiger partial charge in [-0.25, -0.2) is 0 Å². The molecule has 0 unspecified atom stereocenters. The van der Waals surface area contributed by atoms with Gasteiger partial charge in [-0.1, -0.05) is 64.6 Å². The Hall–Kier alpha value is -1.54. The summed E-state index contributed by atoms with van der Waals surface area (Å²) in [6, 6.07) is 14.2. The van der Waals surface area contributed by atoms with E-state index >= 15 is 0 Å². The van der Waals surface area contributed by atoms with Crippen molar-refractivity contribution in [3.8, 4) is 11.1 Å². The molecule has 0 nitrogen and oxygen atoms in total. The smallest absolute Gasteiger partial charge is 0.144 e. The van der Waals surface area contributed by atoms with Crippen LogP contribution in [0.4, 0.5) is 0 Å². The van der Waals surface area contributed by atoms with Crippen LogP contribution >= 0.6 is 11.3 Å². The van der Waals surface area contributed by atoms with Crippen molar-refractivity contribution in [2.75, 3.05) is 0 Å². The van der Waals surface area contributed by atoms with Crippen LogP contribution in [0.5, 0.6) is 0 Å². The summed E-state index contributed by atoms with van der Waals surface area (Å²) in [5, 5.41) is 3.58. The van der Waals surface area contributed by atoms with E-state index in [0.717, 1.165) is 6.42 Å². The zero-order chi connectivity index (χ0) is 17.8. The lowest BCUT2D eigenvalue weighted by Gasteiger charge is -2.39. The van der Waals surface area contributed by atoms with Crippen molar-refractivity contribution in [2.45, 2.75) is 47.4 Å². The van der Waals surface area contributed by atoms with Crippen LogP contribution in [-0.4, -0.2) is 7.28 Å². The Bertz CT molecular complexity index is 940. The summed E-state index contributed by atoms with van der Waals surface area (Å²) in [4.78, 5) is 0. The van der Waals surface area contributed by atoms with Crippen LogP contribution in [0.15, 0.2) is 41.8 Å². The molecule has 0 aliphatic heterocycles. The highest BCUT2D eigenvalue weighted by Gasteiger charge is 2.32. The van der Waals surface area contributed by atoms with Gasteiger partial charge in [-0.3, -0.25) is 0 Å². The Kier molecular flexibility index (Phi) is 3.88. The standard InChI is InChI=1S/C23H27BS/c1-22(2,3)23(4,5)14-24-18-6-7-19-16(11-18)10-17-13-21-15(8-9-25-21)12-20(17)19/h6-9,11-13,24H,10,14H2,1-5H3. The van der Waals surface area contributed by atoms with Crippen molar-refractivity contribution in [1.82, 2.24) is 0 Å². The minimum atomic E-state index is 0.339. The SMILES string of the molecule is CC(C)(C)C(C)(C)CBc1ccc2c(c1)Cc1cc3sccc3cc1-2. The van der Waals surface area contributed by atoms with Gasteiger partial charge < -0.3 is 0 Å². The largest absolute Gasteiger partial charge is 0.158 e. The fourth-order valence-corrected chi connectivity index (χ4v) is 4.53. The molecule has 0 fully saturated rings. The average molecular weight is 346 g/mol. The minimum Gasteiger partial charge on any atom is -0.144 e. The van der Waals surface area contributed by atoms with Crippen LogP contribution in [-0.2, 0) is 6.42 Å². The molecular weight excluding hydrogens is 319 g/mol. The maximum Gasteiger partial charge on any atom is 0.158 e. The van der Waals surface area contributed by atoms with Gasteiger partial charge in [0, 0.05) is 4.70 Å². The molecule has 2 heteroatoms. The second kappa shape index (κ2) is 5.74. The van der Waals surface area contributed by atoms with Crippen LogP contribution in [0.1, 0.15) is 45.7 Å². The molecule has 128 valence electrons. The van der Waals surface area contributed by atoms with Crippen LogP contribution in [0.2, 0.25) is 6.32 Å². The van der Waals surface area contributed by atoms with Crippen molar-refractivity contribution < 1.29 is 0 Å². The molecule has 1 aliphatic rings. The lowest BCUT2D eigenvalue weighted by molar-refractivity contribution is 0.157. The number of benzene rings is 2. The number of thiophene rings is 1. The number of rotatable bonds is 3. The first-order valence-electron chi connectivity index (χ1n) is 9.37. The zero-order valence-electron chi connectivity index (χ0n) is 16.1. The third-order valence-electron chi connectivity index (χ3n) is 6.59. The lowest BCUT2D eigenvalue weighted by Crippen LogP contribution is -2.33. The Balaban J connectivity index is 1.59. The number of hydrogen-bond donors (Lipinski definition) is 0. The van der Waals surface area contributed by atoms with Crippen LogP contribution in [0.25, 0.3) is 21.2 Å². The topological polar surface area (TPSA) is 0 Å². The van der Waals surface area contributed by atoms with Crippen molar-refractivity contribution in [3.05, 3.63) is 52.9 Å². The number of fused-ring (bicyclic) bond motifs is 4. The van der Waals surface area contributed by atoms with E-state index in [-0.39, 0.29) is 0 Å². The maximum absolute atomic E-state index is 2.46. The van der Waals surface area contributed by atoms with Crippen molar-refractivity contribution in [1.29, 1.82) is 0 Å². The Morgan fingerprint density at radius 3 is 2.44 bits per heavy atom. The quantitative estimate of drug-likeness (QED) is 0.398. The van der Waals surface area contributed by atoms with Gasteiger partial charge in [0.1, 0.15) is 0 Å². The van der Waals surface area contributed by atoms with Gasteiger partial charge in [-0.05, 0) is 68.5 Å². The maximum atomic E-state index is 2.46. The first-order valence-corrected chi connectivity index (χ1v) is 10.2. The van der Waals surface area contributed by atoms with Crippen molar-refractivity contribution >= 4 is 34.2 Å². The van der Waals surface area contributed by atoms with Crippen LogP contribution in [0.3, 0.4) is 0 Å². The molecule has 3 aromatic rings. The van der Waals surface area contributed by atoms with Gasteiger partial charge in [0.05, 0.1) is 0 Å². The molecule has 0 radical (unpaired) electrons. The monoisotopic (exact) mass is 346 g/mol. The zero-order valence-corrected chi connectivity index (χ0v) is 16.9. The summed E-state index contributed by atoms with van der Waals surface area (Å²) in [6.45, 7) is 11.9. The van der Waals surface area contributed by atoms with Gasteiger partial charge in [0.2, 0.25) is 0 Å². The van der Waals surface area contributed by atoms with Crippen LogP contribution < -0.4 is 5.46 Å². The highest BCUT2D eigenvalue weighted by molar-refractivity contribution is 7.17. The van der Waals surface area contributed by atoms with E-state index in [1.54, 1.807) is 0 Å². The Labute approximate surface area is 156 Å². The van der Waals surface area contributed by atoms with E-state index < -0.39 is 0 Å². The predicted molar refractivity (Wildman–Crippen MR) is 115 cm³/mol. The third kappa shape index (κ3) is 2.95. The van der Waals surface area contributed by atoms with Gasteiger partial charge >= 0.3 is 0 Å².